The third-order valence-electron chi connectivity index (χ3n) is 6.43. The van der Waals surface area contributed by atoms with E-state index in [0.29, 0.717) is 19.6 Å². The van der Waals surface area contributed by atoms with E-state index < -0.39 is 11.9 Å². The minimum absolute atomic E-state index is 0.0156. The lowest BCUT2D eigenvalue weighted by Crippen LogP contribution is -2.31. The van der Waals surface area contributed by atoms with Crippen LogP contribution in [0.2, 0.25) is 0 Å². The number of aliphatic carboxylic acids is 1. The molecule has 1 aromatic heterocycles. The molecule has 0 spiro atoms. The standard InChI is InChI=1S/C27H31N3O4/c1-19-6-3-4-7-22(19)18-34-24-11-9-21(10-12-24)14-26(31)30-13-5-8-25(30)23-15-28-29(17-23)16-20(2)27(32)33/h3-4,6-7,9-12,15,17,20,25H,5,8,13-14,16,18H2,1-2H3,(H,32,33). The molecule has 7 nitrogen and oxygen atoms in total. The summed E-state index contributed by atoms with van der Waals surface area (Å²) in [6.07, 6.45) is 5.79. The summed E-state index contributed by atoms with van der Waals surface area (Å²) in [6, 6.07) is 15.9. The molecule has 7 heteroatoms. The first-order chi connectivity index (χ1) is 16.4. The first-order valence-corrected chi connectivity index (χ1v) is 11.7. The third kappa shape index (κ3) is 5.65. The fourth-order valence-corrected chi connectivity index (χ4v) is 4.33. The van der Waals surface area contributed by atoms with Crippen LogP contribution in [0.15, 0.2) is 60.9 Å². The lowest BCUT2D eigenvalue weighted by Gasteiger charge is -2.24. The fraction of sp³-hybridized carbons (Fsp3) is 0.370. The number of hydrogen-bond donors (Lipinski definition) is 1. The van der Waals surface area contributed by atoms with E-state index in [0.717, 1.165) is 41.8 Å². The van der Waals surface area contributed by atoms with Crippen LogP contribution in [0.5, 0.6) is 5.75 Å². The summed E-state index contributed by atoms with van der Waals surface area (Å²) in [5.41, 5.74) is 4.27. The molecule has 1 fully saturated rings. The Labute approximate surface area is 200 Å². The number of nitrogens with zero attached hydrogens (tertiary/aromatic N) is 3. The van der Waals surface area contributed by atoms with Gasteiger partial charge in [0, 0.05) is 18.3 Å². The molecule has 1 N–H and O–H groups in total. The van der Waals surface area contributed by atoms with Gasteiger partial charge in [-0.25, -0.2) is 0 Å². The van der Waals surface area contributed by atoms with Crippen molar-refractivity contribution < 1.29 is 19.4 Å². The molecular formula is C27H31N3O4. The van der Waals surface area contributed by atoms with Crippen molar-refractivity contribution in [2.75, 3.05) is 6.54 Å². The highest BCUT2D eigenvalue weighted by Crippen LogP contribution is 2.32. The topological polar surface area (TPSA) is 84.7 Å². The first kappa shape index (κ1) is 23.5. The largest absolute Gasteiger partial charge is 0.489 e. The molecule has 4 rings (SSSR count). The van der Waals surface area contributed by atoms with Crippen LogP contribution in [-0.4, -0.2) is 38.2 Å². The zero-order valence-corrected chi connectivity index (χ0v) is 19.7. The van der Waals surface area contributed by atoms with E-state index >= 15 is 0 Å². The van der Waals surface area contributed by atoms with Crippen molar-refractivity contribution in [3.63, 3.8) is 0 Å². The molecule has 1 aliphatic rings. The van der Waals surface area contributed by atoms with Gasteiger partial charge in [-0.2, -0.15) is 5.10 Å². The summed E-state index contributed by atoms with van der Waals surface area (Å²) in [5.74, 6) is -0.497. The SMILES string of the molecule is Cc1ccccc1COc1ccc(CC(=O)N2CCCC2c2cnn(CC(C)C(=O)O)c2)cc1. The molecule has 2 atom stereocenters. The molecule has 0 bridgehead atoms. The number of likely N-dealkylation sites (tertiary alicyclic amines) is 1. The number of hydrogen-bond acceptors (Lipinski definition) is 4. The zero-order valence-electron chi connectivity index (χ0n) is 19.7. The normalized spacial score (nSPS) is 16.4. The van der Waals surface area contributed by atoms with Crippen LogP contribution in [-0.2, 0) is 29.2 Å². The van der Waals surface area contributed by atoms with Crippen molar-refractivity contribution in [1.29, 1.82) is 0 Å². The smallest absolute Gasteiger partial charge is 0.308 e. The van der Waals surface area contributed by atoms with Crippen LogP contribution < -0.4 is 4.74 Å². The Hall–Kier alpha value is -3.61. The van der Waals surface area contributed by atoms with Gasteiger partial charge in [0.1, 0.15) is 12.4 Å². The van der Waals surface area contributed by atoms with Gasteiger partial charge >= 0.3 is 5.97 Å². The summed E-state index contributed by atoms with van der Waals surface area (Å²) in [4.78, 5) is 26.1. The number of rotatable bonds is 9. The van der Waals surface area contributed by atoms with Crippen LogP contribution in [0.4, 0.5) is 0 Å². The maximum Gasteiger partial charge on any atom is 0.308 e. The number of ether oxygens (including phenoxy) is 1. The van der Waals surface area contributed by atoms with E-state index in [-0.39, 0.29) is 11.9 Å². The number of benzene rings is 2. The van der Waals surface area contributed by atoms with Gasteiger partial charge in [-0.05, 0) is 48.6 Å². The van der Waals surface area contributed by atoms with Crippen molar-refractivity contribution in [2.24, 2.45) is 5.92 Å². The van der Waals surface area contributed by atoms with Gasteiger partial charge in [0.05, 0.1) is 31.1 Å². The van der Waals surface area contributed by atoms with Crippen LogP contribution in [0.25, 0.3) is 0 Å². The number of carboxylic acids is 1. The highest BCUT2D eigenvalue weighted by molar-refractivity contribution is 5.79. The third-order valence-corrected chi connectivity index (χ3v) is 6.43. The monoisotopic (exact) mass is 461 g/mol. The molecule has 34 heavy (non-hydrogen) atoms. The van der Waals surface area contributed by atoms with E-state index in [1.54, 1.807) is 17.8 Å². The van der Waals surface area contributed by atoms with Gasteiger partial charge in [-0.1, -0.05) is 43.3 Å². The molecule has 0 aliphatic carbocycles. The van der Waals surface area contributed by atoms with Crippen LogP contribution in [0.3, 0.4) is 0 Å². The molecule has 2 aromatic carbocycles. The Morgan fingerprint density at radius 3 is 2.68 bits per heavy atom. The molecule has 2 unspecified atom stereocenters. The molecule has 3 aromatic rings. The molecular weight excluding hydrogens is 430 g/mol. The molecule has 0 radical (unpaired) electrons. The Balaban J connectivity index is 1.34. The quantitative estimate of drug-likeness (QED) is 0.511. The molecule has 1 amide bonds. The molecule has 0 saturated carbocycles. The van der Waals surface area contributed by atoms with Crippen molar-refractivity contribution in [1.82, 2.24) is 14.7 Å². The first-order valence-electron chi connectivity index (χ1n) is 11.7. The second-order valence-electron chi connectivity index (χ2n) is 9.02. The summed E-state index contributed by atoms with van der Waals surface area (Å²) in [6.45, 7) is 5.28. The Morgan fingerprint density at radius 2 is 1.94 bits per heavy atom. The average molecular weight is 462 g/mol. The van der Waals surface area contributed by atoms with E-state index in [9.17, 15) is 9.59 Å². The Kier molecular flexibility index (Phi) is 7.30. The second-order valence-corrected chi connectivity index (χ2v) is 9.02. The van der Waals surface area contributed by atoms with Gasteiger partial charge < -0.3 is 14.7 Å². The maximum atomic E-state index is 13.1. The predicted octanol–water partition coefficient (Wildman–Crippen LogP) is 4.40. The summed E-state index contributed by atoms with van der Waals surface area (Å²) < 4.78 is 7.57. The molecule has 178 valence electrons. The Morgan fingerprint density at radius 1 is 1.18 bits per heavy atom. The Bertz CT molecular complexity index is 1140. The van der Waals surface area contributed by atoms with Crippen molar-refractivity contribution in [2.45, 2.75) is 52.3 Å². The number of aromatic nitrogens is 2. The van der Waals surface area contributed by atoms with Crippen LogP contribution in [0.1, 0.15) is 48.1 Å². The second kappa shape index (κ2) is 10.5. The molecule has 1 saturated heterocycles. The maximum absolute atomic E-state index is 13.1. The fourth-order valence-electron chi connectivity index (χ4n) is 4.33. The summed E-state index contributed by atoms with van der Waals surface area (Å²) in [5, 5.41) is 13.4. The summed E-state index contributed by atoms with van der Waals surface area (Å²) >= 11 is 0. The average Bonchev–Trinajstić information content (AvgIpc) is 3.49. The minimum Gasteiger partial charge on any atom is -0.489 e. The van der Waals surface area contributed by atoms with E-state index in [2.05, 4.69) is 24.2 Å². The van der Waals surface area contributed by atoms with Gasteiger partial charge in [-0.15, -0.1) is 0 Å². The minimum atomic E-state index is -0.846. The van der Waals surface area contributed by atoms with Crippen molar-refractivity contribution >= 4 is 11.9 Å². The van der Waals surface area contributed by atoms with Crippen molar-refractivity contribution in [3.05, 3.63) is 83.2 Å². The van der Waals surface area contributed by atoms with Gasteiger partial charge in [0.25, 0.3) is 0 Å². The van der Waals surface area contributed by atoms with Gasteiger partial charge in [0.2, 0.25) is 5.91 Å². The zero-order chi connectivity index (χ0) is 24.1. The number of carbonyl (C=O) groups is 2. The van der Waals surface area contributed by atoms with E-state index in [1.807, 2.05) is 47.5 Å². The lowest BCUT2D eigenvalue weighted by atomic mass is 10.1. The van der Waals surface area contributed by atoms with Crippen molar-refractivity contribution in [3.8, 4) is 5.75 Å². The molecule has 1 aliphatic heterocycles. The van der Waals surface area contributed by atoms with Crippen LogP contribution >= 0.6 is 0 Å². The van der Waals surface area contributed by atoms with Gasteiger partial charge in [-0.3, -0.25) is 14.3 Å². The highest BCUT2D eigenvalue weighted by Gasteiger charge is 2.31. The van der Waals surface area contributed by atoms with E-state index in [4.69, 9.17) is 9.84 Å². The number of carbonyl (C=O) groups excluding carboxylic acids is 1. The van der Waals surface area contributed by atoms with Crippen LogP contribution in [0, 0.1) is 12.8 Å². The number of aryl methyl sites for hydroxylation is 1. The highest BCUT2D eigenvalue weighted by atomic mass is 16.5. The molecule has 2 heterocycles. The van der Waals surface area contributed by atoms with E-state index in [1.165, 1.54) is 5.56 Å². The lowest BCUT2D eigenvalue weighted by molar-refractivity contribution is -0.141. The summed E-state index contributed by atoms with van der Waals surface area (Å²) in [7, 11) is 0. The number of amides is 1. The van der Waals surface area contributed by atoms with Gasteiger partial charge in [0.15, 0.2) is 0 Å². The predicted molar refractivity (Wildman–Crippen MR) is 128 cm³/mol. The number of carboxylic acid groups (broad SMARTS) is 1.